The number of ketones is 1. The minimum absolute atomic E-state index is 0.0700. The highest BCUT2D eigenvalue weighted by Gasteiger charge is 2.22. The molecule has 1 aromatic heterocycles. The van der Waals surface area contributed by atoms with Gasteiger partial charge in [-0.3, -0.25) is 9.48 Å². The average molecular weight is 273 g/mol. The van der Waals surface area contributed by atoms with E-state index in [1.54, 1.807) is 23.0 Å². The molecule has 0 atom stereocenters. The molecule has 0 aliphatic carbocycles. The van der Waals surface area contributed by atoms with Gasteiger partial charge in [-0.2, -0.15) is 5.10 Å². The lowest BCUT2D eigenvalue weighted by molar-refractivity contribution is 0.102. The Labute approximate surface area is 118 Å². The van der Waals surface area contributed by atoms with Gasteiger partial charge in [-0.25, -0.2) is 0 Å². The number of anilines is 1. The van der Waals surface area contributed by atoms with Gasteiger partial charge >= 0.3 is 0 Å². The Morgan fingerprint density at radius 2 is 2.10 bits per heavy atom. The number of rotatable bonds is 4. The summed E-state index contributed by atoms with van der Waals surface area (Å²) in [6.45, 7) is 5.84. The van der Waals surface area contributed by atoms with Gasteiger partial charge in [-0.15, -0.1) is 0 Å². The standard InChI is InChI=1S/C15H19N3O2/c1-9(2)18-14(13(20-4)8-17-18)15(19)11-6-5-10(3)12(16)7-11/h5-9H,16H2,1-4H3. The minimum atomic E-state index is -0.139. The molecule has 106 valence electrons. The van der Waals surface area contributed by atoms with Gasteiger partial charge in [0.25, 0.3) is 0 Å². The molecule has 1 heterocycles. The van der Waals surface area contributed by atoms with Crippen LogP contribution in [0, 0.1) is 6.92 Å². The number of carbonyl (C=O) groups excluding carboxylic acids is 1. The third-order valence-corrected chi connectivity index (χ3v) is 3.23. The summed E-state index contributed by atoms with van der Waals surface area (Å²) in [5.41, 5.74) is 8.41. The van der Waals surface area contributed by atoms with Crippen LogP contribution >= 0.6 is 0 Å². The molecule has 0 aliphatic heterocycles. The van der Waals surface area contributed by atoms with Gasteiger partial charge in [0.1, 0.15) is 0 Å². The van der Waals surface area contributed by atoms with Crippen molar-refractivity contribution in [2.75, 3.05) is 12.8 Å². The third kappa shape index (κ3) is 2.39. The van der Waals surface area contributed by atoms with Crippen molar-refractivity contribution in [1.29, 1.82) is 0 Å². The summed E-state index contributed by atoms with van der Waals surface area (Å²) >= 11 is 0. The molecule has 2 N–H and O–H groups in total. The van der Waals surface area contributed by atoms with E-state index < -0.39 is 0 Å². The molecule has 1 aromatic carbocycles. The molecule has 0 saturated carbocycles. The fourth-order valence-electron chi connectivity index (χ4n) is 2.02. The maximum absolute atomic E-state index is 12.7. The zero-order chi connectivity index (χ0) is 14.9. The summed E-state index contributed by atoms with van der Waals surface area (Å²) in [5.74, 6) is 0.336. The van der Waals surface area contributed by atoms with Crippen LogP contribution in [-0.2, 0) is 0 Å². The summed E-state index contributed by atoms with van der Waals surface area (Å²) in [5, 5.41) is 4.21. The fourth-order valence-corrected chi connectivity index (χ4v) is 2.02. The summed E-state index contributed by atoms with van der Waals surface area (Å²) < 4.78 is 6.90. The van der Waals surface area contributed by atoms with Crippen LogP contribution < -0.4 is 10.5 Å². The van der Waals surface area contributed by atoms with E-state index in [0.29, 0.717) is 22.7 Å². The van der Waals surface area contributed by atoms with E-state index in [-0.39, 0.29) is 11.8 Å². The number of hydrogen-bond donors (Lipinski definition) is 1. The molecule has 5 nitrogen and oxygen atoms in total. The van der Waals surface area contributed by atoms with E-state index in [2.05, 4.69) is 5.10 Å². The van der Waals surface area contributed by atoms with Crippen molar-refractivity contribution in [2.24, 2.45) is 0 Å². The lowest BCUT2D eigenvalue weighted by Crippen LogP contribution is -2.14. The highest BCUT2D eigenvalue weighted by atomic mass is 16.5. The Morgan fingerprint density at radius 1 is 1.40 bits per heavy atom. The number of nitrogen functional groups attached to an aromatic ring is 1. The van der Waals surface area contributed by atoms with Crippen molar-refractivity contribution in [3.05, 3.63) is 41.2 Å². The monoisotopic (exact) mass is 273 g/mol. The molecular formula is C15H19N3O2. The lowest BCUT2D eigenvalue weighted by atomic mass is 10.0. The molecule has 0 amide bonds. The van der Waals surface area contributed by atoms with Crippen molar-refractivity contribution in [3.8, 4) is 5.75 Å². The molecule has 0 radical (unpaired) electrons. The Bertz CT molecular complexity index is 645. The van der Waals surface area contributed by atoms with Gasteiger partial charge in [0, 0.05) is 17.3 Å². The molecule has 0 unspecified atom stereocenters. The molecule has 0 fully saturated rings. The molecule has 20 heavy (non-hydrogen) atoms. The number of carbonyl (C=O) groups is 1. The van der Waals surface area contributed by atoms with Crippen molar-refractivity contribution in [1.82, 2.24) is 9.78 Å². The lowest BCUT2D eigenvalue weighted by Gasteiger charge is -2.12. The first-order valence-electron chi connectivity index (χ1n) is 6.48. The molecule has 2 aromatic rings. The van der Waals surface area contributed by atoms with E-state index in [0.717, 1.165) is 5.56 Å². The minimum Gasteiger partial charge on any atom is -0.493 e. The van der Waals surface area contributed by atoms with Crippen molar-refractivity contribution in [3.63, 3.8) is 0 Å². The largest absolute Gasteiger partial charge is 0.493 e. The molecule has 0 spiro atoms. The van der Waals surface area contributed by atoms with Crippen LogP contribution in [0.25, 0.3) is 0 Å². The van der Waals surface area contributed by atoms with Crippen LogP contribution in [0.4, 0.5) is 5.69 Å². The quantitative estimate of drug-likeness (QED) is 0.686. The maximum atomic E-state index is 12.7. The highest BCUT2D eigenvalue weighted by Crippen LogP contribution is 2.25. The predicted molar refractivity (Wildman–Crippen MR) is 78.2 cm³/mol. The first-order valence-corrected chi connectivity index (χ1v) is 6.48. The second-order valence-corrected chi connectivity index (χ2v) is 5.00. The zero-order valence-corrected chi connectivity index (χ0v) is 12.2. The molecule has 2 rings (SSSR count). The van der Waals surface area contributed by atoms with Crippen LogP contribution in [0.15, 0.2) is 24.4 Å². The number of benzene rings is 1. The van der Waals surface area contributed by atoms with E-state index in [1.807, 2.05) is 26.8 Å². The first-order chi connectivity index (χ1) is 9.45. The Morgan fingerprint density at radius 3 is 2.65 bits per heavy atom. The normalized spacial score (nSPS) is 10.8. The Kier molecular flexibility index (Phi) is 3.79. The predicted octanol–water partition coefficient (Wildman–Crippen LogP) is 2.59. The maximum Gasteiger partial charge on any atom is 0.214 e. The number of ether oxygens (including phenoxy) is 1. The SMILES string of the molecule is COc1cnn(C(C)C)c1C(=O)c1ccc(C)c(N)c1. The highest BCUT2D eigenvalue weighted by molar-refractivity contribution is 6.10. The number of nitrogens with two attached hydrogens (primary N) is 1. The van der Waals surface area contributed by atoms with Crippen LogP contribution in [0.3, 0.4) is 0 Å². The van der Waals surface area contributed by atoms with Crippen molar-refractivity contribution in [2.45, 2.75) is 26.8 Å². The second-order valence-electron chi connectivity index (χ2n) is 5.00. The van der Waals surface area contributed by atoms with Crippen molar-refractivity contribution < 1.29 is 9.53 Å². The zero-order valence-electron chi connectivity index (χ0n) is 12.2. The van der Waals surface area contributed by atoms with Crippen LogP contribution in [0.2, 0.25) is 0 Å². The van der Waals surface area contributed by atoms with E-state index in [1.165, 1.54) is 7.11 Å². The summed E-state index contributed by atoms with van der Waals surface area (Å²) in [6.07, 6.45) is 1.56. The molecule has 0 bridgehead atoms. The number of aryl methyl sites for hydroxylation is 1. The van der Waals surface area contributed by atoms with Gasteiger partial charge < -0.3 is 10.5 Å². The van der Waals surface area contributed by atoms with Gasteiger partial charge in [-0.05, 0) is 32.4 Å². The Hall–Kier alpha value is -2.30. The van der Waals surface area contributed by atoms with Gasteiger partial charge in [0.15, 0.2) is 11.4 Å². The second kappa shape index (κ2) is 5.36. The molecular weight excluding hydrogens is 254 g/mol. The topological polar surface area (TPSA) is 70.1 Å². The number of hydrogen-bond acceptors (Lipinski definition) is 4. The number of methoxy groups -OCH3 is 1. The summed E-state index contributed by atoms with van der Waals surface area (Å²) in [7, 11) is 1.53. The van der Waals surface area contributed by atoms with Crippen LogP contribution in [0.5, 0.6) is 5.75 Å². The van der Waals surface area contributed by atoms with Gasteiger partial charge in [-0.1, -0.05) is 12.1 Å². The van der Waals surface area contributed by atoms with E-state index in [9.17, 15) is 4.79 Å². The fraction of sp³-hybridized carbons (Fsp3) is 0.333. The molecule has 5 heteroatoms. The number of aromatic nitrogens is 2. The van der Waals surface area contributed by atoms with E-state index >= 15 is 0 Å². The van der Waals surface area contributed by atoms with E-state index in [4.69, 9.17) is 10.5 Å². The Balaban J connectivity index is 2.52. The van der Waals surface area contributed by atoms with Gasteiger partial charge in [0.2, 0.25) is 5.78 Å². The molecule has 0 aliphatic rings. The van der Waals surface area contributed by atoms with Crippen molar-refractivity contribution >= 4 is 11.5 Å². The molecule has 0 saturated heterocycles. The average Bonchev–Trinajstić information content (AvgIpc) is 2.85. The van der Waals surface area contributed by atoms with Gasteiger partial charge in [0.05, 0.1) is 13.3 Å². The summed E-state index contributed by atoms with van der Waals surface area (Å²) in [6, 6.07) is 5.37. The van der Waals surface area contributed by atoms with Crippen LogP contribution in [-0.4, -0.2) is 22.7 Å². The van der Waals surface area contributed by atoms with Crippen LogP contribution in [0.1, 0.15) is 41.5 Å². The first kappa shape index (κ1) is 14.1. The third-order valence-electron chi connectivity index (χ3n) is 3.23. The number of nitrogens with zero attached hydrogens (tertiary/aromatic N) is 2. The summed E-state index contributed by atoms with van der Waals surface area (Å²) in [4.78, 5) is 12.7. The smallest absolute Gasteiger partial charge is 0.214 e.